The normalized spacial score (nSPS) is 16.7. The minimum absolute atomic E-state index is 0.0257. The maximum absolute atomic E-state index is 14.7. The maximum atomic E-state index is 14.7. The van der Waals surface area contributed by atoms with Crippen molar-refractivity contribution >= 4 is 23.6 Å². The van der Waals surface area contributed by atoms with Gasteiger partial charge in [0.05, 0.1) is 35.6 Å². The molecular formula is C37H41F3N10O3. The molecule has 1 saturated carbocycles. The van der Waals surface area contributed by atoms with Crippen LogP contribution in [-0.4, -0.2) is 71.7 Å². The summed E-state index contributed by atoms with van der Waals surface area (Å²) in [6.45, 7) is 6.80. The number of benzene rings is 1. The van der Waals surface area contributed by atoms with Crippen molar-refractivity contribution in [2.75, 3.05) is 29.4 Å². The average Bonchev–Trinajstić information content (AvgIpc) is 3.38. The molecule has 0 radical (unpaired) electrons. The number of halogens is 3. The van der Waals surface area contributed by atoms with Crippen LogP contribution in [0.1, 0.15) is 79.9 Å². The van der Waals surface area contributed by atoms with Gasteiger partial charge in [-0.15, -0.1) is 10.2 Å². The minimum atomic E-state index is -4.70. The van der Waals surface area contributed by atoms with E-state index in [9.17, 15) is 28.0 Å². The molecule has 1 spiro atoms. The first-order valence-corrected chi connectivity index (χ1v) is 17.6. The summed E-state index contributed by atoms with van der Waals surface area (Å²) in [7, 11) is 3.49. The van der Waals surface area contributed by atoms with Crippen LogP contribution in [0.5, 0.6) is 0 Å². The van der Waals surface area contributed by atoms with Gasteiger partial charge in [0.2, 0.25) is 0 Å². The molecule has 2 fully saturated rings. The van der Waals surface area contributed by atoms with Crippen molar-refractivity contribution in [3.05, 3.63) is 59.0 Å². The van der Waals surface area contributed by atoms with E-state index in [4.69, 9.17) is 9.72 Å². The predicted octanol–water partition coefficient (Wildman–Crippen LogP) is 6.49. The fraction of sp³-hybridized carbons (Fsp3) is 0.486. The Bertz CT molecular complexity index is 2120. The van der Waals surface area contributed by atoms with Gasteiger partial charge in [-0.2, -0.15) is 23.5 Å². The molecule has 4 aromatic rings. The largest absolute Gasteiger partial charge is 0.443 e. The minimum Gasteiger partial charge on any atom is -0.443 e. The number of pyridine rings is 1. The van der Waals surface area contributed by atoms with Crippen LogP contribution in [0.15, 0.2) is 36.8 Å². The molecule has 1 aromatic carbocycles. The second-order valence-corrected chi connectivity index (χ2v) is 15.3. The Morgan fingerprint density at radius 1 is 1.09 bits per heavy atom. The van der Waals surface area contributed by atoms with Crippen LogP contribution in [0.3, 0.4) is 0 Å². The molecule has 0 N–H and O–H groups in total. The van der Waals surface area contributed by atoms with Crippen molar-refractivity contribution < 1.29 is 27.5 Å². The van der Waals surface area contributed by atoms with Crippen LogP contribution in [-0.2, 0) is 38.1 Å². The number of likely N-dealkylation sites (tertiary alicyclic amines) is 1. The first-order chi connectivity index (χ1) is 25.1. The van der Waals surface area contributed by atoms with E-state index in [1.165, 1.54) is 22.2 Å². The van der Waals surface area contributed by atoms with Crippen molar-refractivity contribution in [1.82, 2.24) is 34.4 Å². The van der Waals surface area contributed by atoms with E-state index in [0.717, 1.165) is 32.4 Å². The number of hydrogen-bond acceptors (Lipinski definition) is 9. The number of carbonyl (C=O) groups is 2. The lowest BCUT2D eigenvalue weighted by molar-refractivity contribution is -0.138. The van der Waals surface area contributed by atoms with E-state index in [1.54, 1.807) is 68.5 Å². The summed E-state index contributed by atoms with van der Waals surface area (Å²) < 4.78 is 53.2. The smallest absolute Gasteiger partial charge is 0.416 e. The number of anilines is 2. The van der Waals surface area contributed by atoms with Gasteiger partial charge in [0.1, 0.15) is 23.6 Å². The van der Waals surface area contributed by atoms with Crippen molar-refractivity contribution in [3.8, 4) is 28.7 Å². The Morgan fingerprint density at radius 2 is 1.87 bits per heavy atom. The molecule has 53 heavy (non-hydrogen) atoms. The number of amides is 2. The lowest BCUT2D eigenvalue weighted by Gasteiger charge is -2.28. The molecule has 1 saturated heterocycles. The fourth-order valence-electron chi connectivity index (χ4n) is 7.32. The Balaban J connectivity index is 1.34. The molecule has 3 aliphatic rings. The number of ether oxygens (including phenoxy) is 1. The number of carbonyl (C=O) groups excluding carboxylic acids is 2. The average molecular weight is 731 g/mol. The Morgan fingerprint density at radius 3 is 2.51 bits per heavy atom. The highest BCUT2D eigenvalue weighted by Crippen LogP contribution is 2.53. The number of nitrogens with zero attached hydrogens (tertiary/aromatic N) is 10. The third-order valence-corrected chi connectivity index (χ3v) is 10.1. The lowest BCUT2D eigenvalue weighted by Crippen LogP contribution is -2.38. The molecule has 16 heteroatoms. The Labute approximate surface area is 305 Å². The zero-order valence-electron chi connectivity index (χ0n) is 30.4. The van der Waals surface area contributed by atoms with E-state index in [1.807, 2.05) is 0 Å². The van der Waals surface area contributed by atoms with Crippen LogP contribution in [0.4, 0.5) is 29.6 Å². The van der Waals surface area contributed by atoms with Crippen molar-refractivity contribution in [2.45, 2.75) is 77.7 Å². The van der Waals surface area contributed by atoms with E-state index < -0.39 is 29.3 Å². The molecule has 278 valence electrons. The van der Waals surface area contributed by atoms with Gasteiger partial charge in [0.25, 0.3) is 5.91 Å². The fourth-order valence-corrected chi connectivity index (χ4v) is 7.32. The molecule has 3 aromatic heterocycles. The highest BCUT2D eigenvalue weighted by atomic mass is 19.4. The molecule has 0 unspecified atom stereocenters. The van der Waals surface area contributed by atoms with E-state index in [0.29, 0.717) is 40.2 Å². The molecule has 0 atom stereocenters. The number of nitriles is 1. The molecule has 5 heterocycles. The van der Waals surface area contributed by atoms with Crippen LogP contribution in [0.25, 0.3) is 22.6 Å². The van der Waals surface area contributed by atoms with Gasteiger partial charge in [-0.1, -0.05) is 0 Å². The summed E-state index contributed by atoms with van der Waals surface area (Å²) in [5.74, 6) is -0.0283. The number of unbranched alkanes of at least 4 members (excludes halogenated alkanes) is 1. The molecule has 1 aliphatic carbocycles. The zero-order chi connectivity index (χ0) is 37.9. The first kappa shape index (κ1) is 36.1. The predicted molar refractivity (Wildman–Crippen MR) is 188 cm³/mol. The van der Waals surface area contributed by atoms with Crippen LogP contribution < -0.4 is 9.80 Å². The summed E-state index contributed by atoms with van der Waals surface area (Å²) in [5.41, 5.74) is 0.433. The Kier molecular flexibility index (Phi) is 9.04. The summed E-state index contributed by atoms with van der Waals surface area (Å²) in [6, 6.07) is 8.06. The highest BCUT2D eigenvalue weighted by Gasteiger charge is 2.48. The van der Waals surface area contributed by atoms with E-state index in [2.05, 4.69) is 26.3 Å². The number of aromatic nitrogens is 6. The monoisotopic (exact) mass is 730 g/mol. The van der Waals surface area contributed by atoms with Gasteiger partial charge in [0, 0.05) is 51.3 Å². The SMILES string of the molecule is Cn1cnnc1-c1cnn(C)c1-c1cc(N(CCCC#N)C(=O)OC(C)(C)C)nc(N2Cc3c(cc(CN4CCC5(CC5)C4)cc3C(F)(F)F)C2=O)c1. The van der Waals surface area contributed by atoms with Gasteiger partial charge in [-0.05, 0) is 93.8 Å². The van der Waals surface area contributed by atoms with Crippen molar-refractivity contribution in [2.24, 2.45) is 19.5 Å². The number of alkyl halides is 3. The summed E-state index contributed by atoms with van der Waals surface area (Å²) in [6.07, 6.45) is 1.46. The molecule has 13 nitrogen and oxygen atoms in total. The summed E-state index contributed by atoms with van der Waals surface area (Å²) >= 11 is 0. The van der Waals surface area contributed by atoms with Crippen molar-refractivity contribution in [1.29, 1.82) is 5.26 Å². The highest BCUT2D eigenvalue weighted by molar-refractivity contribution is 6.10. The first-order valence-electron chi connectivity index (χ1n) is 17.6. The Hall–Kier alpha value is -5.30. The van der Waals surface area contributed by atoms with Crippen molar-refractivity contribution in [3.63, 3.8) is 0 Å². The summed E-state index contributed by atoms with van der Waals surface area (Å²) in [5, 5.41) is 22.0. The van der Waals surface area contributed by atoms with Gasteiger partial charge < -0.3 is 9.30 Å². The van der Waals surface area contributed by atoms with Gasteiger partial charge in [-0.3, -0.25) is 24.2 Å². The van der Waals surface area contributed by atoms with Gasteiger partial charge >= 0.3 is 12.3 Å². The molecule has 2 aliphatic heterocycles. The van der Waals surface area contributed by atoms with E-state index in [-0.39, 0.29) is 48.7 Å². The van der Waals surface area contributed by atoms with Gasteiger partial charge in [-0.25, -0.2) is 9.78 Å². The molecule has 2 amide bonds. The molecule has 0 bridgehead atoms. The van der Waals surface area contributed by atoms with Crippen LogP contribution in [0.2, 0.25) is 0 Å². The standard InChI is InChI=1S/C37H41F3N10O3/c1-35(2,3)53-34(52)49(12-7-6-11-41)29-16-24(31-26(18-43-47(31)5)32-45-42-22-46(32)4)17-30(44-29)50-20-27-25(33(50)51)14-23(15-28(27)37(38,39)40)19-48-13-10-36(21-48)8-9-36/h14-18,22H,6-10,12-13,19-21H2,1-5H3. The number of hydrogen-bond donors (Lipinski definition) is 0. The summed E-state index contributed by atoms with van der Waals surface area (Å²) in [4.78, 5) is 37.4. The van der Waals surface area contributed by atoms with Crippen LogP contribution in [0, 0.1) is 16.7 Å². The molecular weight excluding hydrogens is 689 g/mol. The van der Waals surface area contributed by atoms with Gasteiger partial charge in [0.15, 0.2) is 5.82 Å². The van der Waals surface area contributed by atoms with E-state index >= 15 is 0 Å². The second kappa shape index (κ2) is 13.3. The quantitative estimate of drug-likeness (QED) is 0.177. The number of fused-ring (bicyclic) bond motifs is 1. The third kappa shape index (κ3) is 7.22. The third-order valence-electron chi connectivity index (χ3n) is 10.1. The number of rotatable bonds is 9. The maximum Gasteiger partial charge on any atom is 0.416 e. The topological polar surface area (TPSA) is 138 Å². The molecule has 7 rings (SSSR count). The number of aryl methyl sites for hydroxylation is 2. The van der Waals surface area contributed by atoms with Crippen LogP contribution >= 0.6 is 0 Å². The zero-order valence-corrected chi connectivity index (χ0v) is 30.4. The second-order valence-electron chi connectivity index (χ2n) is 15.3. The lowest BCUT2D eigenvalue weighted by atomic mass is 9.98.